The molecule has 3 heterocycles. The SMILES string of the molecule is CCOc1ccc(C(=O)N2CCC[C@H](c3nnc4ccccn34)C2)cc1OC. The topological polar surface area (TPSA) is 69.0 Å². The molecule has 0 radical (unpaired) electrons. The molecule has 1 aliphatic rings. The molecule has 0 aliphatic carbocycles. The lowest BCUT2D eigenvalue weighted by atomic mass is 9.96. The van der Waals surface area contributed by atoms with Crippen molar-refractivity contribution in [3.8, 4) is 11.5 Å². The van der Waals surface area contributed by atoms with Crippen LogP contribution in [0.4, 0.5) is 0 Å². The zero-order valence-electron chi connectivity index (χ0n) is 16.2. The first-order valence-corrected chi connectivity index (χ1v) is 9.61. The number of methoxy groups -OCH3 is 1. The fourth-order valence-corrected chi connectivity index (χ4v) is 3.77. The van der Waals surface area contributed by atoms with Crippen LogP contribution < -0.4 is 9.47 Å². The van der Waals surface area contributed by atoms with Crippen LogP contribution in [0, 0.1) is 0 Å². The van der Waals surface area contributed by atoms with Crippen molar-refractivity contribution in [2.45, 2.75) is 25.7 Å². The van der Waals surface area contributed by atoms with Crippen LogP contribution in [0.1, 0.15) is 41.9 Å². The number of carbonyl (C=O) groups excluding carboxylic acids is 1. The number of hydrogen-bond acceptors (Lipinski definition) is 5. The summed E-state index contributed by atoms with van der Waals surface area (Å²) in [5.41, 5.74) is 1.43. The minimum atomic E-state index is -0.000121. The second-order valence-corrected chi connectivity index (χ2v) is 6.88. The number of carbonyl (C=O) groups is 1. The van der Waals surface area contributed by atoms with Crippen LogP contribution in [0.15, 0.2) is 42.6 Å². The molecular weight excluding hydrogens is 356 g/mol. The quantitative estimate of drug-likeness (QED) is 0.680. The molecule has 4 rings (SSSR count). The Bertz CT molecular complexity index is 985. The maximum absolute atomic E-state index is 13.1. The predicted octanol–water partition coefficient (Wildman–Crippen LogP) is 3.16. The number of fused-ring (bicyclic) bond motifs is 1. The van der Waals surface area contributed by atoms with E-state index in [-0.39, 0.29) is 11.8 Å². The monoisotopic (exact) mass is 380 g/mol. The van der Waals surface area contributed by atoms with E-state index in [0.717, 1.165) is 30.9 Å². The third kappa shape index (κ3) is 3.40. The molecule has 28 heavy (non-hydrogen) atoms. The van der Waals surface area contributed by atoms with Gasteiger partial charge < -0.3 is 14.4 Å². The molecule has 0 unspecified atom stereocenters. The Morgan fingerprint density at radius 1 is 1.21 bits per heavy atom. The molecule has 1 aliphatic heterocycles. The van der Waals surface area contributed by atoms with Crippen molar-refractivity contribution in [3.63, 3.8) is 0 Å². The molecule has 0 spiro atoms. The molecule has 7 heteroatoms. The molecule has 0 bridgehead atoms. The van der Waals surface area contributed by atoms with Crippen molar-refractivity contribution < 1.29 is 14.3 Å². The zero-order chi connectivity index (χ0) is 19.5. The third-order valence-corrected chi connectivity index (χ3v) is 5.12. The normalized spacial score (nSPS) is 16.9. The first-order valence-electron chi connectivity index (χ1n) is 9.61. The molecule has 3 aromatic rings. The summed E-state index contributed by atoms with van der Waals surface area (Å²) in [5, 5.41) is 8.63. The van der Waals surface area contributed by atoms with E-state index in [1.54, 1.807) is 25.3 Å². The Labute approximate surface area is 163 Å². The van der Waals surface area contributed by atoms with Gasteiger partial charge in [0.05, 0.1) is 13.7 Å². The van der Waals surface area contributed by atoms with Crippen LogP contribution in [0.2, 0.25) is 0 Å². The molecule has 1 fully saturated rings. The van der Waals surface area contributed by atoms with Gasteiger partial charge in [-0.25, -0.2) is 0 Å². The highest BCUT2D eigenvalue weighted by molar-refractivity contribution is 5.95. The van der Waals surface area contributed by atoms with E-state index in [1.165, 1.54) is 0 Å². The zero-order valence-corrected chi connectivity index (χ0v) is 16.2. The fourth-order valence-electron chi connectivity index (χ4n) is 3.77. The van der Waals surface area contributed by atoms with Crippen molar-refractivity contribution in [1.29, 1.82) is 0 Å². The first-order chi connectivity index (χ1) is 13.7. The molecule has 7 nitrogen and oxygen atoms in total. The van der Waals surface area contributed by atoms with Crippen molar-refractivity contribution in [3.05, 3.63) is 54.0 Å². The summed E-state index contributed by atoms with van der Waals surface area (Å²) in [6.45, 7) is 3.83. The van der Waals surface area contributed by atoms with E-state index in [1.807, 2.05) is 40.6 Å². The Balaban J connectivity index is 1.55. The van der Waals surface area contributed by atoms with Gasteiger partial charge in [-0.15, -0.1) is 10.2 Å². The van der Waals surface area contributed by atoms with Crippen LogP contribution in [0.25, 0.3) is 5.65 Å². The van der Waals surface area contributed by atoms with Gasteiger partial charge in [0.25, 0.3) is 5.91 Å². The first kappa shape index (κ1) is 18.3. The van der Waals surface area contributed by atoms with E-state index in [4.69, 9.17) is 9.47 Å². The predicted molar refractivity (Wildman–Crippen MR) is 105 cm³/mol. The molecule has 1 amide bonds. The lowest BCUT2D eigenvalue weighted by molar-refractivity contribution is 0.0703. The van der Waals surface area contributed by atoms with Gasteiger partial charge in [-0.2, -0.15) is 0 Å². The van der Waals surface area contributed by atoms with Crippen LogP contribution in [0.3, 0.4) is 0 Å². The van der Waals surface area contributed by atoms with Gasteiger partial charge in [0.2, 0.25) is 0 Å². The van der Waals surface area contributed by atoms with E-state index in [9.17, 15) is 4.79 Å². The highest BCUT2D eigenvalue weighted by Crippen LogP contribution is 2.31. The number of benzene rings is 1. The van der Waals surface area contributed by atoms with Crippen LogP contribution in [-0.4, -0.2) is 52.2 Å². The number of ether oxygens (including phenoxy) is 2. The number of likely N-dealkylation sites (tertiary alicyclic amines) is 1. The largest absolute Gasteiger partial charge is 0.493 e. The number of piperidine rings is 1. The lowest BCUT2D eigenvalue weighted by Gasteiger charge is -2.32. The molecule has 0 saturated carbocycles. The van der Waals surface area contributed by atoms with Gasteiger partial charge in [-0.1, -0.05) is 6.07 Å². The van der Waals surface area contributed by atoms with Gasteiger partial charge in [0.1, 0.15) is 5.82 Å². The highest BCUT2D eigenvalue weighted by atomic mass is 16.5. The molecule has 1 saturated heterocycles. The molecule has 1 aromatic carbocycles. The number of nitrogens with zero attached hydrogens (tertiary/aromatic N) is 4. The Kier molecular flexibility index (Phi) is 5.14. The van der Waals surface area contributed by atoms with Crippen LogP contribution in [0.5, 0.6) is 11.5 Å². The summed E-state index contributed by atoms with van der Waals surface area (Å²) < 4.78 is 12.9. The standard InChI is InChI=1S/C21H24N4O3/c1-3-28-17-10-9-15(13-18(17)27-2)21(26)24-11-6-7-16(14-24)20-23-22-19-8-4-5-12-25(19)20/h4-5,8-10,12-13,16H,3,6-7,11,14H2,1-2H3/t16-/m0/s1. The van der Waals surface area contributed by atoms with Gasteiger partial charge in [-0.3, -0.25) is 9.20 Å². The minimum Gasteiger partial charge on any atom is -0.493 e. The Morgan fingerprint density at radius 3 is 2.93 bits per heavy atom. The summed E-state index contributed by atoms with van der Waals surface area (Å²) in [4.78, 5) is 15.0. The number of rotatable bonds is 5. The third-order valence-electron chi connectivity index (χ3n) is 5.12. The van der Waals surface area contributed by atoms with E-state index in [2.05, 4.69) is 10.2 Å². The number of hydrogen-bond donors (Lipinski definition) is 0. The second kappa shape index (κ2) is 7.88. The van der Waals surface area contributed by atoms with Crippen LogP contribution >= 0.6 is 0 Å². The maximum Gasteiger partial charge on any atom is 0.254 e. The van der Waals surface area contributed by atoms with Gasteiger partial charge in [0.15, 0.2) is 17.1 Å². The fraction of sp³-hybridized carbons (Fsp3) is 0.381. The molecule has 146 valence electrons. The summed E-state index contributed by atoms with van der Waals surface area (Å²) in [6, 6.07) is 11.2. The summed E-state index contributed by atoms with van der Waals surface area (Å²) in [7, 11) is 1.58. The summed E-state index contributed by atoms with van der Waals surface area (Å²) in [5.74, 6) is 2.30. The summed E-state index contributed by atoms with van der Waals surface area (Å²) in [6.07, 6.45) is 3.90. The van der Waals surface area contributed by atoms with Crippen molar-refractivity contribution in [2.24, 2.45) is 0 Å². The molecule has 0 N–H and O–H groups in total. The average molecular weight is 380 g/mol. The van der Waals surface area contributed by atoms with E-state index < -0.39 is 0 Å². The number of amides is 1. The number of pyridine rings is 1. The summed E-state index contributed by atoms with van der Waals surface area (Å²) >= 11 is 0. The van der Waals surface area contributed by atoms with Crippen molar-refractivity contribution in [2.75, 3.05) is 26.8 Å². The van der Waals surface area contributed by atoms with E-state index >= 15 is 0 Å². The van der Waals surface area contributed by atoms with Crippen molar-refractivity contribution >= 4 is 11.6 Å². The molecular formula is C21H24N4O3. The van der Waals surface area contributed by atoms with Crippen molar-refractivity contribution in [1.82, 2.24) is 19.5 Å². The van der Waals surface area contributed by atoms with Crippen LogP contribution in [-0.2, 0) is 0 Å². The smallest absolute Gasteiger partial charge is 0.254 e. The highest BCUT2D eigenvalue weighted by Gasteiger charge is 2.28. The molecule has 1 atom stereocenters. The average Bonchev–Trinajstić information content (AvgIpc) is 3.18. The Morgan fingerprint density at radius 2 is 2.11 bits per heavy atom. The van der Waals surface area contributed by atoms with Gasteiger partial charge in [-0.05, 0) is 50.1 Å². The second-order valence-electron chi connectivity index (χ2n) is 6.88. The van der Waals surface area contributed by atoms with E-state index in [0.29, 0.717) is 30.2 Å². The maximum atomic E-state index is 13.1. The van der Waals surface area contributed by atoms with Gasteiger partial charge in [0, 0.05) is 30.8 Å². The number of aromatic nitrogens is 3. The van der Waals surface area contributed by atoms with Gasteiger partial charge >= 0.3 is 0 Å². The minimum absolute atomic E-state index is 0.000121. The molecule has 2 aromatic heterocycles. The Hall–Kier alpha value is -3.09. The lowest BCUT2D eigenvalue weighted by Crippen LogP contribution is -2.39.